The third-order valence-electron chi connectivity index (χ3n) is 3.50. The largest absolute Gasteiger partial charge is 0.449 e. The summed E-state index contributed by atoms with van der Waals surface area (Å²) in [5, 5.41) is 0. The number of hydrogen-bond acceptors (Lipinski definition) is 4. The maximum atomic E-state index is 12.8. The van der Waals surface area contributed by atoms with E-state index in [0.717, 1.165) is 9.87 Å². The van der Waals surface area contributed by atoms with Gasteiger partial charge in [0.05, 0.1) is 17.5 Å². The smallest absolute Gasteiger partial charge is 0.424 e. The predicted molar refractivity (Wildman–Crippen MR) is 88.0 cm³/mol. The fraction of sp³-hybridized carbons (Fsp3) is 0.500. The van der Waals surface area contributed by atoms with Crippen molar-refractivity contribution in [3.8, 4) is 0 Å². The van der Waals surface area contributed by atoms with Gasteiger partial charge in [-0.25, -0.2) is 13.2 Å². The Bertz CT molecular complexity index is 635. The molecular formula is C14H17BrClNO4S. The summed E-state index contributed by atoms with van der Waals surface area (Å²) < 4.78 is 31.4. The summed E-state index contributed by atoms with van der Waals surface area (Å²) in [4.78, 5) is 11.9. The number of hydrogen-bond donors (Lipinski definition) is 0. The first-order chi connectivity index (χ1) is 10.4. The molecule has 1 fully saturated rings. The Morgan fingerprint density at radius 2 is 2.05 bits per heavy atom. The molecule has 0 aromatic heterocycles. The fourth-order valence-corrected chi connectivity index (χ4v) is 5.26. The first-order valence-electron chi connectivity index (χ1n) is 6.86. The van der Waals surface area contributed by atoms with Crippen LogP contribution in [-0.2, 0) is 14.8 Å². The van der Waals surface area contributed by atoms with Crippen molar-refractivity contribution in [2.75, 3.05) is 12.5 Å². The van der Waals surface area contributed by atoms with Crippen molar-refractivity contribution in [2.24, 2.45) is 0 Å². The van der Waals surface area contributed by atoms with Gasteiger partial charge in [0.15, 0.2) is 0 Å². The SMILES string of the molecule is Cc1ccc(S(=O)(=O)N2C(=O)OCC[C@@H]2[C@@H](Br)CCCl)cc1. The van der Waals surface area contributed by atoms with E-state index < -0.39 is 22.2 Å². The Balaban J connectivity index is 2.39. The molecule has 0 radical (unpaired) electrons. The molecule has 0 bridgehead atoms. The van der Waals surface area contributed by atoms with Gasteiger partial charge in [-0.05, 0) is 25.5 Å². The van der Waals surface area contributed by atoms with Crippen LogP contribution in [0, 0.1) is 6.92 Å². The first kappa shape index (κ1) is 17.6. The van der Waals surface area contributed by atoms with Crippen molar-refractivity contribution in [1.29, 1.82) is 0 Å². The van der Waals surface area contributed by atoms with Crippen LogP contribution in [0.5, 0.6) is 0 Å². The number of ether oxygens (including phenoxy) is 1. The molecule has 1 aromatic carbocycles. The molecule has 0 N–H and O–H groups in total. The van der Waals surface area contributed by atoms with E-state index in [1.54, 1.807) is 12.1 Å². The zero-order chi connectivity index (χ0) is 16.3. The average Bonchev–Trinajstić information content (AvgIpc) is 2.47. The molecule has 22 heavy (non-hydrogen) atoms. The summed E-state index contributed by atoms with van der Waals surface area (Å²) in [6.45, 7) is 2.07. The molecule has 8 heteroatoms. The number of sulfonamides is 1. The van der Waals surface area contributed by atoms with Crippen molar-refractivity contribution >= 4 is 43.6 Å². The number of carbonyl (C=O) groups is 1. The van der Waals surface area contributed by atoms with Gasteiger partial charge in [-0.1, -0.05) is 33.6 Å². The number of aryl methyl sites for hydroxylation is 1. The summed E-state index contributed by atoms with van der Waals surface area (Å²) in [5.74, 6) is 0.375. The van der Waals surface area contributed by atoms with E-state index >= 15 is 0 Å². The zero-order valence-corrected chi connectivity index (χ0v) is 15.2. The number of rotatable bonds is 5. The number of nitrogens with zero attached hydrogens (tertiary/aromatic N) is 1. The van der Waals surface area contributed by atoms with Crippen LogP contribution in [0.1, 0.15) is 18.4 Å². The molecule has 1 saturated heterocycles. The third-order valence-corrected chi connectivity index (χ3v) is 6.59. The highest BCUT2D eigenvalue weighted by atomic mass is 79.9. The number of benzene rings is 1. The van der Waals surface area contributed by atoms with Crippen molar-refractivity contribution in [1.82, 2.24) is 4.31 Å². The Labute approximate surface area is 143 Å². The maximum absolute atomic E-state index is 12.8. The molecule has 5 nitrogen and oxygen atoms in total. The van der Waals surface area contributed by atoms with E-state index in [4.69, 9.17) is 16.3 Å². The lowest BCUT2D eigenvalue weighted by Crippen LogP contribution is -2.52. The summed E-state index contributed by atoms with van der Waals surface area (Å²) in [6.07, 6.45) is 0.152. The highest BCUT2D eigenvalue weighted by molar-refractivity contribution is 9.09. The van der Waals surface area contributed by atoms with Crippen LogP contribution in [0.2, 0.25) is 0 Å². The van der Waals surface area contributed by atoms with Gasteiger partial charge in [0.1, 0.15) is 0 Å². The van der Waals surface area contributed by atoms with Crippen LogP contribution in [0.3, 0.4) is 0 Å². The molecule has 0 unspecified atom stereocenters. The van der Waals surface area contributed by atoms with Gasteiger partial charge in [-0.3, -0.25) is 0 Å². The molecule has 1 aliphatic heterocycles. The van der Waals surface area contributed by atoms with Crippen LogP contribution in [0.4, 0.5) is 4.79 Å². The maximum Gasteiger partial charge on any atom is 0.424 e. The molecule has 0 spiro atoms. The summed E-state index contributed by atoms with van der Waals surface area (Å²) in [6, 6.07) is 5.87. The second-order valence-electron chi connectivity index (χ2n) is 5.08. The highest BCUT2D eigenvalue weighted by Gasteiger charge is 2.42. The predicted octanol–water partition coefficient (Wildman–Crippen LogP) is 3.29. The third kappa shape index (κ3) is 3.58. The molecule has 1 aliphatic rings. The van der Waals surface area contributed by atoms with Gasteiger partial charge in [-0.2, -0.15) is 4.31 Å². The summed E-state index contributed by atoms with van der Waals surface area (Å²) in [7, 11) is -3.95. The lowest BCUT2D eigenvalue weighted by molar-refractivity contribution is 0.0786. The minimum atomic E-state index is -3.95. The molecule has 1 aromatic rings. The molecular weight excluding hydrogens is 394 g/mol. The van der Waals surface area contributed by atoms with E-state index in [-0.39, 0.29) is 16.3 Å². The van der Waals surface area contributed by atoms with Gasteiger partial charge >= 0.3 is 6.09 Å². The lowest BCUT2D eigenvalue weighted by atomic mass is 10.1. The second-order valence-corrected chi connectivity index (χ2v) is 8.45. The van der Waals surface area contributed by atoms with Crippen LogP contribution in [-0.4, -0.2) is 42.2 Å². The molecule has 2 rings (SSSR count). The summed E-state index contributed by atoms with van der Waals surface area (Å²) in [5.41, 5.74) is 0.942. The lowest BCUT2D eigenvalue weighted by Gasteiger charge is -2.36. The highest BCUT2D eigenvalue weighted by Crippen LogP contribution is 2.30. The number of carbonyl (C=O) groups excluding carboxylic acids is 1. The van der Waals surface area contributed by atoms with Crippen molar-refractivity contribution in [3.63, 3.8) is 0 Å². The van der Waals surface area contributed by atoms with Crippen LogP contribution >= 0.6 is 27.5 Å². The van der Waals surface area contributed by atoms with Gasteiger partial charge < -0.3 is 4.74 Å². The van der Waals surface area contributed by atoms with Crippen LogP contribution in [0.15, 0.2) is 29.2 Å². The average molecular weight is 411 g/mol. The van der Waals surface area contributed by atoms with E-state index in [9.17, 15) is 13.2 Å². The monoisotopic (exact) mass is 409 g/mol. The minimum Gasteiger partial charge on any atom is -0.449 e. The normalized spacial score (nSPS) is 20.6. The second kappa shape index (κ2) is 7.19. The van der Waals surface area contributed by atoms with E-state index in [0.29, 0.717) is 18.7 Å². The van der Waals surface area contributed by atoms with Gasteiger partial charge in [0.2, 0.25) is 0 Å². The Hall–Kier alpha value is -0.790. The van der Waals surface area contributed by atoms with Crippen molar-refractivity contribution in [3.05, 3.63) is 29.8 Å². The molecule has 1 heterocycles. The molecule has 0 aliphatic carbocycles. The molecule has 2 atom stereocenters. The van der Waals surface area contributed by atoms with E-state index in [1.807, 2.05) is 6.92 Å². The molecule has 1 amide bonds. The van der Waals surface area contributed by atoms with E-state index in [1.165, 1.54) is 12.1 Å². The number of halogens is 2. The Morgan fingerprint density at radius 1 is 1.41 bits per heavy atom. The van der Waals surface area contributed by atoms with E-state index in [2.05, 4.69) is 15.9 Å². The van der Waals surface area contributed by atoms with Gasteiger partial charge in [-0.15, -0.1) is 11.6 Å². The number of alkyl halides is 2. The molecule has 0 saturated carbocycles. The molecule has 122 valence electrons. The van der Waals surface area contributed by atoms with Crippen molar-refractivity contribution in [2.45, 2.75) is 35.5 Å². The van der Waals surface area contributed by atoms with Crippen LogP contribution in [0.25, 0.3) is 0 Å². The van der Waals surface area contributed by atoms with Crippen LogP contribution < -0.4 is 0 Å². The number of amides is 1. The quantitative estimate of drug-likeness (QED) is 0.699. The van der Waals surface area contributed by atoms with Gasteiger partial charge in [0.25, 0.3) is 10.0 Å². The zero-order valence-electron chi connectivity index (χ0n) is 12.0. The topological polar surface area (TPSA) is 63.7 Å². The summed E-state index contributed by atoms with van der Waals surface area (Å²) >= 11 is 9.18. The minimum absolute atomic E-state index is 0.0764. The Morgan fingerprint density at radius 3 is 2.64 bits per heavy atom. The fourth-order valence-electron chi connectivity index (χ4n) is 2.31. The number of cyclic esters (lactones) is 1. The first-order valence-corrected chi connectivity index (χ1v) is 9.75. The standard InChI is InChI=1S/C14H17BrClNO4S/c1-10-2-4-11(5-3-10)22(19,20)17-13(12(15)6-8-16)7-9-21-14(17)18/h2-5,12-13H,6-9H2,1H3/t12-,13+/m0/s1. The van der Waals surface area contributed by atoms with Crippen molar-refractivity contribution < 1.29 is 17.9 Å². The van der Waals surface area contributed by atoms with Gasteiger partial charge in [0, 0.05) is 17.1 Å². The Kier molecular flexibility index (Phi) is 5.74.